The molecule has 3 rings (SSSR count). The molecule has 0 aromatic heterocycles. The summed E-state index contributed by atoms with van der Waals surface area (Å²) in [5.41, 5.74) is -1.52. The number of nitro groups is 1. The Morgan fingerprint density at radius 3 is 2.37 bits per heavy atom. The van der Waals surface area contributed by atoms with Gasteiger partial charge in [0.15, 0.2) is 5.75 Å². The van der Waals surface area contributed by atoms with Gasteiger partial charge in [-0.15, -0.1) is 0 Å². The third-order valence-electron chi connectivity index (χ3n) is 4.67. The molecule has 0 spiro atoms. The van der Waals surface area contributed by atoms with Crippen molar-refractivity contribution in [2.45, 2.75) is 23.9 Å². The van der Waals surface area contributed by atoms with E-state index in [1.807, 2.05) is 0 Å². The van der Waals surface area contributed by atoms with Crippen LogP contribution in [0.25, 0.3) is 0 Å². The fourth-order valence-corrected chi connectivity index (χ4v) is 4.30. The highest BCUT2D eigenvalue weighted by Gasteiger charge is 2.32. The predicted octanol–water partition coefficient (Wildman–Crippen LogP) is 4.02. The van der Waals surface area contributed by atoms with E-state index in [-0.39, 0.29) is 11.4 Å². The highest BCUT2D eigenvalue weighted by atomic mass is 32.2. The lowest BCUT2D eigenvalue weighted by molar-refractivity contribution is -0.386. The first-order valence-corrected chi connectivity index (χ1v) is 10.3. The average molecular weight is 445 g/mol. The molecule has 0 radical (unpaired) electrons. The maximum atomic E-state index is 13.2. The number of rotatable bonds is 6. The van der Waals surface area contributed by atoms with Crippen LogP contribution >= 0.6 is 0 Å². The van der Waals surface area contributed by atoms with E-state index in [0.29, 0.717) is 18.8 Å². The molecule has 2 aromatic rings. The van der Waals surface area contributed by atoms with Crippen LogP contribution in [0, 0.1) is 10.1 Å². The number of halogens is 3. The topological polar surface area (TPSA) is 102 Å². The maximum Gasteiger partial charge on any atom is 0.416 e. The molecule has 2 aromatic carbocycles. The molecule has 0 saturated carbocycles. The third kappa shape index (κ3) is 4.42. The zero-order valence-electron chi connectivity index (χ0n) is 15.8. The number of nitro benzene ring substituents is 1. The molecule has 1 saturated heterocycles. The highest BCUT2D eigenvalue weighted by molar-refractivity contribution is 7.92. The van der Waals surface area contributed by atoms with E-state index in [1.54, 1.807) is 4.90 Å². The first-order valence-electron chi connectivity index (χ1n) is 8.84. The molecule has 1 fully saturated rings. The number of benzene rings is 2. The number of hydrogen-bond donors (Lipinski definition) is 1. The zero-order chi connectivity index (χ0) is 22.1. The van der Waals surface area contributed by atoms with E-state index < -0.39 is 37.3 Å². The number of nitrogens with zero attached hydrogens (tertiary/aromatic N) is 2. The van der Waals surface area contributed by atoms with Gasteiger partial charge in [-0.2, -0.15) is 13.2 Å². The van der Waals surface area contributed by atoms with E-state index in [1.165, 1.54) is 13.2 Å². The molecule has 0 atom stereocenters. The van der Waals surface area contributed by atoms with Crippen LogP contribution < -0.4 is 14.4 Å². The van der Waals surface area contributed by atoms with Crippen molar-refractivity contribution in [1.29, 1.82) is 0 Å². The maximum absolute atomic E-state index is 13.2. The van der Waals surface area contributed by atoms with E-state index >= 15 is 0 Å². The summed E-state index contributed by atoms with van der Waals surface area (Å²) in [6, 6.07) is 5.83. The van der Waals surface area contributed by atoms with Gasteiger partial charge >= 0.3 is 11.9 Å². The van der Waals surface area contributed by atoms with Crippen LogP contribution in [0.2, 0.25) is 0 Å². The Balaban J connectivity index is 2.05. The lowest BCUT2D eigenvalue weighted by atomic mass is 10.1. The lowest BCUT2D eigenvalue weighted by Crippen LogP contribution is -2.22. The monoisotopic (exact) mass is 445 g/mol. The molecule has 1 N–H and O–H groups in total. The van der Waals surface area contributed by atoms with E-state index in [4.69, 9.17) is 4.74 Å². The summed E-state index contributed by atoms with van der Waals surface area (Å²) >= 11 is 0. The molecule has 1 aliphatic heterocycles. The van der Waals surface area contributed by atoms with Crippen LogP contribution in [-0.2, 0) is 16.2 Å². The van der Waals surface area contributed by atoms with Crippen LogP contribution in [0.5, 0.6) is 5.75 Å². The van der Waals surface area contributed by atoms with Crippen molar-refractivity contribution in [1.82, 2.24) is 0 Å². The largest absolute Gasteiger partial charge is 0.490 e. The van der Waals surface area contributed by atoms with Gasteiger partial charge in [-0.3, -0.25) is 14.8 Å². The van der Waals surface area contributed by atoms with Crippen molar-refractivity contribution >= 4 is 27.1 Å². The van der Waals surface area contributed by atoms with Crippen LogP contribution in [-0.4, -0.2) is 33.5 Å². The Labute approximate surface area is 170 Å². The minimum atomic E-state index is -4.66. The van der Waals surface area contributed by atoms with Gasteiger partial charge in [0, 0.05) is 19.2 Å². The molecule has 0 unspecified atom stereocenters. The minimum Gasteiger partial charge on any atom is -0.490 e. The summed E-state index contributed by atoms with van der Waals surface area (Å²) < 4.78 is 72.2. The Bertz CT molecular complexity index is 1070. The summed E-state index contributed by atoms with van der Waals surface area (Å²) in [4.78, 5) is 11.7. The van der Waals surface area contributed by atoms with Crippen molar-refractivity contribution < 1.29 is 31.2 Å². The normalized spacial score (nSPS) is 14.6. The molecule has 0 bridgehead atoms. The Morgan fingerprint density at radius 2 is 1.80 bits per heavy atom. The van der Waals surface area contributed by atoms with Crippen LogP contribution in [0.3, 0.4) is 0 Å². The Kier molecular flexibility index (Phi) is 5.79. The standard InChI is InChI=1S/C18H18F3N3O5S/c1-29-17-7-5-13(11-16(17)24(25)26)30(27,28)22-14-10-12(18(19,20)21)4-6-15(14)23-8-2-3-9-23/h4-7,10-11,22H,2-3,8-9H2,1H3. The lowest BCUT2D eigenvalue weighted by Gasteiger charge is -2.23. The second-order valence-electron chi connectivity index (χ2n) is 6.62. The van der Waals surface area contributed by atoms with Crippen LogP contribution in [0.15, 0.2) is 41.3 Å². The second-order valence-corrected chi connectivity index (χ2v) is 8.30. The van der Waals surface area contributed by atoms with E-state index in [0.717, 1.165) is 43.2 Å². The van der Waals surface area contributed by atoms with Gasteiger partial charge in [0.25, 0.3) is 10.0 Å². The molecule has 162 valence electrons. The number of methoxy groups -OCH3 is 1. The van der Waals surface area contributed by atoms with Crippen molar-refractivity contribution in [3.8, 4) is 5.75 Å². The number of nitrogens with one attached hydrogen (secondary N) is 1. The first-order chi connectivity index (χ1) is 14.0. The minimum absolute atomic E-state index is 0.143. The molecule has 0 amide bonds. The average Bonchev–Trinajstić information content (AvgIpc) is 3.20. The fourth-order valence-electron chi connectivity index (χ4n) is 3.21. The molecule has 12 heteroatoms. The van der Waals surface area contributed by atoms with E-state index in [9.17, 15) is 31.7 Å². The van der Waals surface area contributed by atoms with Gasteiger partial charge in [-0.25, -0.2) is 8.42 Å². The predicted molar refractivity (Wildman–Crippen MR) is 103 cm³/mol. The summed E-state index contributed by atoms with van der Waals surface area (Å²) in [5.74, 6) is -0.143. The molecule has 30 heavy (non-hydrogen) atoms. The van der Waals surface area contributed by atoms with Crippen molar-refractivity contribution in [3.05, 3.63) is 52.1 Å². The van der Waals surface area contributed by atoms with Crippen molar-refractivity contribution in [2.24, 2.45) is 0 Å². The summed E-state index contributed by atoms with van der Waals surface area (Å²) in [7, 11) is -3.22. The number of anilines is 2. The van der Waals surface area contributed by atoms with Gasteiger partial charge in [0.1, 0.15) is 0 Å². The molecule has 1 heterocycles. The molecule has 1 aliphatic rings. The van der Waals surface area contributed by atoms with Gasteiger partial charge in [-0.1, -0.05) is 0 Å². The van der Waals surface area contributed by atoms with Crippen molar-refractivity contribution in [2.75, 3.05) is 29.8 Å². The number of sulfonamides is 1. The van der Waals surface area contributed by atoms with Gasteiger partial charge in [0.05, 0.1) is 33.9 Å². The second kappa shape index (κ2) is 8.01. The summed E-state index contributed by atoms with van der Waals surface area (Å²) in [6.07, 6.45) is -3.00. The number of ether oxygens (including phenoxy) is 1. The quantitative estimate of drug-likeness (QED) is 0.532. The van der Waals surface area contributed by atoms with Crippen LogP contribution in [0.1, 0.15) is 18.4 Å². The third-order valence-corrected chi connectivity index (χ3v) is 6.04. The molecule has 8 nitrogen and oxygen atoms in total. The van der Waals surface area contributed by atoms with Crippen LogP contribution in [0.4, 0.5) is 30.2 Å². The highest BCUT2D eigenvalue weighted by Crippen LogP contribution is 2.38. The smallest absolute Gasteiger partial charge is 0.416 e. The summed E-state index contributed by atoms with van der Waals surface area (Å²) in [6.45, 7) is 1.15. The van der Waals surface area contributed by atoms with Gasteiger partial charge in [0.2, 0.25) is 0 Å². The van der Waals surface area contributed by atoms with Gasteiger partial charge < -0.3 is 9.64 Å². The number of hydrogen-bond acceptors (Lipinski definition) is 6. The Morgan fingerprint density at radius 1 is 1.13 bits per heavy atom. The molecular formula is C18H18F3N3O5S. The molecule has 0 aliphatic carbocycles. The fraction of sp³-hybridized carbons (Fsp3) is 0.333. The van der Waals surface area contributed by atoms with Crippen molar-refractivity contribution in [3.63, 3.8) is 0 Å². The first kappa shape index (κ1) is 21.7. The van der Waals surface area contributed by atoms with E-state index in [2.05, 4.69) is 4.72 Å². The van der Waals surface area contributed by atoms with Gasteiger partial charge in [-0.05, 0) is 43.2 Å². The SMILES string of the molecule is COc1ccc(S(=O)(=O)Nc2cc(C(F)(F)F)ccc2N2CCCC2)cc1[N+](=O)[O-]. The number of alkyl halides is 3. The molecular weight excluding hydrogens is 427 g/mol. The Hall–Kier alpha value is -3.02. The zero-order valence-corrected chi connectivity index (χ0v) is 16.6. The summed E-state index contributed by atoms with van der Waals surface area (Å²) in [5, 5.41) is 11.2.